The molecule has 0 aliphatic heterocycles. The Balaban J connectivity index is 1.09. The predicted molar refractivity (Wildman–Crippen MR) is 248 cm³/mol. The second-order valence-electron chi connectivity index (χ2n) is 14.3. The topological polar surface area (TPSA) is 36.9 Å². The Kier molecular flexibility index (Phi) is 6.24. The van der Waals surface area contributed by atoms with Gasteiger partial charge in [0, 0.05) is 14.4 Å². The summed E-state index contributed by atoms with van der Waals surface area (Å²) in [5.41, 5.74) is 4.52. The van der Waals surface area contributed by atoms with Gasteiger partial charge in [0.2, 0.25) is 0 Å². The molecule has 300 valence electrons. The summed E-state index contributed by atoms with van der Waals surface area (Å²) < 4.78 is 140. The van der Waals surface area contributed by atoms with Crippen molar-refractivity contribution in [2.75, 3.05) is 0 Å². The number of hydrogen-bond acceptors (Lipinski definition) is 2. The standard InChI is InChI=1S/C56H38N4O.Pt/c1-38-32-55(57-36-39(38)2)60-51-31-28-43(40-16-6-3-7-17-40)33-50(51)49-30-29-46(35-54(49)60)61-45-23-14-22-44(34-45)58-37-59(53-27-13-12-26-52(53)58)56-47(41-18-8-4-9-19-41)24-15-25-48(56)42-20-10-5-11-21-42;/h3-33,36H,1-2H3;/q-2;/i1D3,2D3,4D,5D,8D,9D,10D,18D,19D,20D,21D;. The molecule has 0 radical (unpaired) electrons. The van der Waals surface area contributed by atoms with Crippen LogP contribution in [0, 0.1) is 29.6 Å². The van der Waals surface area contributed by atoms with Crippen LogP contribution in [0.15, 0.2) is 194 Å². The van der Waals surface area contributed by atoms with Crippen LogP contribution < -0.4 is 4.74 Å². The summed E-state index contributed by atoms with van der Waals surface area (Å²) in [6.45, 7) is -5.53. The number of hydrogen-bond donors (Lipinski definition) is 0. The first kappa shape index (κ1) is 24.8. The van der Waals surface area contributed by atoms with Crippen LogP contribution in [0.5, 0.6) is 11.5 Å². The van der Waals surface area contributed by atoms with Crippen molar-refractivity contribution in [1.29, 1.82) is 0 Å². The van der Waals surface area contributed by atoms with Gasteiger partial charge in [-0.25, -0.2) is 0 Å². The maximum absolute atomic E-state index is 9.07. The van der Waals surface area contributed by atoms with Gasteiger partial charge in [0.25, 0.3) is 0 Å². The van der Waals surface area contributed by atoms with Gasteiger partial charge in [0.05, 0.1) is 0 Å². The number of ether oxygens (including phenoxy) is 1. The second kappa shape index (κ2) is 15.6. The van der Waals surface area contributed by atoms with E-state index >= 15 is 0 Å². The third-order valence-electron chi connectivity index (χ3n) is 10.6. The van der Waals surface area contributed by atoms with Crippen molar-refractivity contribution in [3.8, 4) is 62.1 Å². The first-order valence-electron chi connectivity index (χ1n) is 26.9. The van der Waals surface area contributed by atoms with Crippen molar-refractivity contribution in [1.82, 2.24) is 18.7 Å². The van der Waals surface area contributed by atoms with Gasteiger partial charge in [0.15, 0.2) is 0 Å². The summed E-state index contributed by atoms with van der Waals surface area (Å²) >= 11 is 2.12. The molecule has 0 N–H and O–H groups in total. The number of benzene rings is 8. The Morgan fingerprint density at radius 3 is 2.08 bits per heavy atom. The molecule has 0 unspecified atom stereocenters. The molecule has 0 fully saturated rings. The summed E-state index contributed by atoms with van der Waals surface area (Å²) in [6, 6.07) is 42.1. The Morgan fingerprint density at radius 1 is 0.548 bits per heavy atom. The number of aryl methyl sites for hydroxylation is 2. The Bertz CT molecular complexity index is 4290. The molecule has 6 heteroatoms. The summed E-state index contributed by atoms with van der Waals surface area (Å²) in [6.07, 6.45) is 1.09. The third-order valence-corrected chi connectivity index (χ3v) is 11.7. The van der Waals surface area contributed by atoms with Gasteiger partial charge in [-0.2, -0.15) is 0 Å². The first-order chi connectivity index (χ1) is 36.6. The number of rotatable bonds is 8. The molecule has 0 bridgehead atoms. The van der Waals surface area contributed by atoms with E-state index in [4.69, 9.17) is 25.3 Å². The number of imidazole rings is 1. The predicted octanol–water partition coefficient (Wildman–Crippen LogP) is 14.0. The third kappa shape index (κ3) is 6.54. The molecular weight excluding hydrogens is 940 g/mol. The molecule has 11 rings (SSSR count). The van der Waals surface area contributed by atoms with E-state index in [1.54, 1.807) is 45.5 Å². The number of nitrogens with zero attached hydrogens (tertiary/aromatic N) is 4. The van der Waals surface area contributed by atoms with Gasteiger partial charge in [-0.3, -0.25) is 0 Å². The zero-order valence-corrected chi connectivity index (χ0v) is 34.6. The van der Waals surface area contributed by atoms with E-state index in [2.05, 4.69) is 36.5 Å². The van der Waals surface area contributed by atoms with Crippen molar-refractivity contribution < 1.29 is 44.7 Å². The average molecular weight is 993 g/mol. The fraction of sp³-hybridized carbons (Fsp3) is 0.0357. The summed E-state index contributed by atoms with van der Waals surface area (Å²) in [7, 11) is 0. The SMILES string of the molecule is [2H]c1cc([2H])c(-c2cccc(-c3c([2H])c([2H])c([2H])c([2H])c3[2H])c2-n2[c](=[Pt])n(-c3[c-]c(Oc4[c-]c5c(cc4)c4cc(-c6ccccc6)ccc4n5-c4cc(C([2H])([2H])[2H])c(C([2H])([2H])[2H])cn4)ccc3)c3ccccc32)c([2H])c1[2H]. The van der Waals surface area contributed by atoms with E-state index in [1.807, 2.05) is 89.5 Å². The normalized spacial score (nSPS) is 15.4. The van der Waals surface area contributed by atoms with Gasteiger partial charge in [-0.15, -0.1) is 0 Å². The molecule has 8 aromatic carbocycles. The quantitative estimate of drug-likeness (QED) is 0.142. The molecule has 0 aliphatic carbocycles. The van der Waals surface area contributed by atoms with E-state index in [0.29, 0.717) is 31.6 Å². The van der Waals surface area contributed by atoms with Crippen LogP contribution in [0.1, 0.15) is 31.7 Å². The Morgan fingerprint density at radius 2 is 1.27 bits per heavy atom. The maximum atomic E-state index is 9.07. The number of para-hydroxylation sites is 3. The minimum absolute atomic E-state index is 0.00240. The molecule has 11 aromatic rings. The molecule has 0 saturated carbocycles. The number of pyridine rings is 1. The molecule has 0 saturated heterocycles. The fourth-order valence-corrected chi connectivity index (χ4v) is 8.97. The molecule has 3 aromatic heterocycles. The van der Waals surface area contributed by atoms with Crippen LogP contribution in [0.3, 0.4) is 0 Å². The van der Waals surface area contributed by atoms with Gasteiger partial charge >= 0.3 is 306 Å². The van der Waals surface area contributed by atoms with Crippen molar-refractivity contribution in [3.63, 3.8) is 0 Å². The molecule has 0 spiro atoms. The van der Waals surface area contributed by atoms with Crippen molar-refractivity contribution >= 4 is 32.8 Å². The zero-order chi connectivity index (χ0) is 54.6. The van der Waals surface area contributed by atoms with E-state index in [1.165, 1.54) is 12.1 Å². The van der Waals surface area contributed by atoms with Crippen LogP contribution in [-0.4, -0.2) is 18.7 Å². The van der Waals surface area contributed by atoms with E-state index in [-0.39, 0.29) is 68.5 Å². The Labute approximate surface area is 391 Å². The summed E-state index contributed by atoms with van der Waals surface area (Å²) in [4.78, 5) is 4.54. The van der Waals surface area contributed by atoms with E-state index < -0.39 is 56.0 Å². The van der Waals surface area contributed by atoms with Gasteiger partial charge < -0.3 is 0 Å². The molecule has 3 heterocycles. The van der Waals surface area contributed by atoms with Crippen LogP contribution in [0.2, 0.25) is 0 Å². The molecule has 5 nitrogen and oxygen atoms in total. The van der Waals surface area contributed by atoms with Gasteiger partial charge in [0.1, 0.15) is 0 Å². The van der Waals surface area contributed by atoms with Gasteiger partial charge in [-0.1, -0.05) is 36.4 Å². The van der Waals surface area contributed by atoms with Crippen molar-refractivity contribution in [3.05, 3.63) is 221 Å². The Hall–Kier alpha value is -7.33. The summed E-state index contributed by atoms with van der Waals surface area (Å²) in [5.74, 6) is 0.662. The first-order valence-corrected chi connectivity index (χ1v) is 20.5. The molecular formula is C56H38N4OPt-2. The van der Waals surface area contributed by atoms with E-state index in [0.717, 1.165) is 28.1 Å². The van der Waals surface area contributed by atoms with Crippen molar-refractivity contribution in [2.24, 2.45) is 0 Å². The second-order valence-corrected chi connectivity index (χ2v) is 15.3. The van der Waals surface area contributed by atoms with Crippen LogP contribution >= 0.6 is 0 Å². The monoisotopic (exact) mass is 992 g/mol. The zero-order valence-electron chi connectivity index (χ0n) is 47.3. The van der Waals surface area contributed by atoms with Crippen LogP contribution in [0.25, 0.3) is 83.4 Å². The summed E-state index contributed by atoms with van der Waals surface area (Å²) in [5, 5.41) is 1.52. The van der Waals surface area contributed by atoms with Crippen molar-refractivity contribution in [2.45, 2.75) is 13.7 Å². The number of aromatic nitrogens is 4. The number of fused-ring (bicyclic) bond motifs is 4. The molecule has 0 atom stereocenters. The van der Waals surface area contributed by atoms with Crippen LogP contribution in [0.4, 0.5) is 0 Å². The molecule has 0 amide bonds. The van der Waals surface area contributed by atoms with Crippen LogP contribution in [-0.2, 0) is 19.4 Å². The molecule has 0 aliphatic rings. The minimum atomic E-state index is -2.78. The fourth-order valence-electron chi connectivity index (χ4n) is 7.89. The molecule has 62 heavy (non-hydrogen) atoms. The average Bonchev–Trinajstić information content (AvgIpc) is 4.12. The van der Waals surface area contributed by atoms with E-state index in [9.17, 15) is 0 Å². The van der Waals surface area contributed by atoms with Gasteiger partial charge in [-0.05, 0) is 36.0 Å².